The molecule has 0 bridgehead atoms. The highest BCUT2D eigenvalue weighted by Crippen LogP contribution is 2.31. The third-order valence-electron chi connectivity index (χ3n) is 4.80. The van der Waals surface area contributed by atoms with Gasteiger partial charge in [0.1, 0.15) is 6.61 Å². The van der Waals surface area contributed by atoms with Crippen LogP contribution in [0.4, 0.5) is 4.79 Å². The average Bonchev–Trinajstić information content (AvgIpc) is 2.90. The zero-order valence-corrected chi connectivity index (χ0v) is 14.5. The van der Waals surface area contributed by atoms with Gasteiger partial charge in [0.05, 0.1) is 6.54 Å². The fourth-order valence-corrected chi connectivity index (χ4v) is 3.32. The topological polar surface area (TPSA) is 29.5 Å². The molecule has 1 saturated heterocycles. The predicted molar refractivity (Wildman–Crippen MR) is 88.6 cm³/mol. The van der Waals surface area contributed by atoms with Gasteiger partial charge in [0.2, 0.25) is 0 Å². The summed E-state index contributed by atoms with van der Waals surface area (Å²) >= 11 is 0. The quantitative estimate of drug-likeness (QED) is 0.443. The Morgan fingerprint density at radius 2 is 1.48 bits per heavy atom. The van der Waals surface area contributed by atoms with Crippen molar-refractivity contribution in [1.82, 2.24) is 4.90 Å². The van der Waals surface area contributed by atoms with Gasteiger partial charge in [-0.05, 0) is 19.8 Å². The molecule has 1 fully saturated rings. The first-order valence-electron chi connectivity index (χ1n) is 9.08. The van der Waals surface area contributed by atoms with E-state index in [4.69, 9.17) is 4.74 Å². The van der Waals surface area contributed by atoms with Crippen LogP contribution in [-0.4, -0.2) is 29.7 Å². The lowest BCUT2D eigenvalue weighted by molar-refractivity contribution is 0.104. The summed E-state index contributed by atoms with van der Waals surface area (Å²) in [6.45, 7) is 8.10. The third-order valence-corrected chi connectivity index (χ3v) is 4.80. The summed E-state index contributed by atoms with van der Waals surface area (Å²) in [4.78, 5) is 13.9. The minimum absolute atomic E-state index is 0.00748. The summed E-state index contributed by atoms with van der Waals surface area (Å²) in [6, 6.07) is 0. The normalized spacial score (nSPS) is 17.9. The number of ether oxygens (including phenoxy) is 1. The Bertz CT molecular complexity index is 293. The van der Waals surface area contributed by atoms with E-state index in [2.05, 4.69) is 20.8 Å². The first-order chi connectivity index (χ1) is 10.1. The highest BCUT2D eigenvalue weighted by atomic mass is 16.6. The van der Waals surface area contributed by atoms with Crippen LogP contribution >= 0.6 is 0 Å². The van der Waals surface area contributed by atoms with E-state index >= 15 is 0 Å². The molecule has 0 spiro atoms. The molecule has 0 saturated carbocycles. The Labute approximate surface area is 131 Å². The maximum Gasteiger partial charge on any atom is 0.410 e. The van der Waals surface area contributed by atoms with Crippen molar-refractivity contribution in [3.05, 3.63) is 0 Å². The Hall–Kier alpha value is -0.730. The van der Waals surface area contributed by atoms with Gasteiger partial charge in [-0.1, -0.05) is 71.6 Å². The first kappa shape index (κ1) is 18.3. The molecule has 21 heavy (non-hydrogen) atoms. The van der Waals surface area contributed by atoms with E-state index in [0.717, 1.165) is 19.4 Å². The molecular formula is C18H35NO2. The van der Waals surface area contributed by atoms with Gasteiger partial charge in [-0.3, -0.25) is 4.90 Å². The Morgan fingerprint density at radius 3 is 1.95 bits per heavy atom. The van der Waals surface area contributed by atoms with Gasteiger partial charge in [0.25, 0.3) is 0 Å². The summed E-state index contributed by atoms with van der Waals surface area (Å²) in [5.41, 5.74) is 0.00748. The molecule has 3 heteroatoms. The largest absolute Gasteiger partial charge is 0.448 e. The average molecular weight is 297 g/mol. The van der Waals surface area contributed by atoms with E-state index < -0.39 is 0 Å². The van der Waals surface area contributed by atoms with Crippen molar-refractivity contribution in [1.29, 1.82) is 0 Å². The maximum absolute atomic E-state index is 11.9. The van der Waals surface area contributed by atoms with Crippen molar-refractivity contribution in [2.45, 2.75) is 96.9 Å². The molecule has 1 amide bonds. The molecule has 1 unspecified atom stereocenters. The van der Waals surface area contributed by atoms with Gasteiger partial charge < -0.3 is 4.74 Å². The van der Waals surface area contributed by atoms with E-state index in [9.17, 15) is 4.79 Å². The molecule has 0 aliphatic carbocycles. The van der Waals surface area contributed by atoms with Gasteiger partial charge in [0, 0.05) is 5.54 Å². The fraction of sp³-hybridized carbons (Fsp3) is 0.944. The van der Waals surface area contributed by atoms with Crippen molar-refractivity contribution < 1.29 is 9.53 Å². The SMILES string of the molecule is CCCCCCCC(C)(CCCCCC)N1CCOC1=O. The van der Waals surface area contributed by atoms with E-state index in [1.807, 2.05) is 4.90 Å². The molecule has 1 aliphatic heterocycles. The second kappa shape index (κ2) is 10.1. The van der Waals surface area contributed by atoms with Gasteiger partial charge in [0.15, 0.2) is 0 Å². The molecule has 0 radical (unpaired) electrons. The van der Waals surface area contributed by atoms with Crippen molar-refractivity contribution in [3.63, 3.8) is 0 Å². The fourth-order valence-electron chi connectivity index (χ4n) is 3.32. The zero-order valence-electron chi connectivity index (χ0n) is 14.5. The van der Waals surface area contributed by atoms with E-state index in [1.165, 1.54) is 57.8 Å². The predicted octanol–water partition coefficient (Wildman–Crippen LogP) is 5.53. The minimum atomic E-state index is -0.0958. The van der Waals surface area contributed by atoms with Crippen LogP contribution in [0.1, 0.15) is 91.4 Å². The van der Waals surface area contributed by atoms with Crippen LogP contribution in [-0.2, 0) is 4.74 Å². The monoisotopic (exact) mass is 297 g/mol. The van der Waals surface area contributed by atoms with E-state index in [-0.39, 0.29) is 11.6 Å². The second-order valence-corrected chi connectivity index (χ2v) is 6.74. The number of rotatable bonds is 12. The van der Waals surface area contributed by atoms with Crippen LogP contribution in [0.15, 0.2) is 0 Å². The first-order valence-corrected chi connectivity index (χ1v) is 9.08. The van der Waals surface area contributed by atoms with Crippen LogP contribution in [0, 0.1) is 0 Å². The van der Waals surface area contributed by atoms with E-state index in [0.29, 0.717) is 6.61 Å². The molecule has 0 aromatic rings. The van der Waals surface area contributed by atoms with Gasteiger partial charge in [-0.15, -0.1) is 0 Å². The van der Waals surface area contributed by atoms with Crippen molar-refractivity contribution in [3.8, 4) is 0 Å². The molecule has 0 aromatic heterocycles. The Kier molecular flexibility index (Phi) is 8.79. The Morgan fingerprint density at radius 1 is 0.952 bits per heavy atom. The van der Waals surface area contributed by atoms with Crippen molar-refractivity contribution >= 4 is 6.09 Å². The Balaban J connectivity index is 2.45. The molecule has 3 nitrogen and oxygen atoms in total. The van der Waals surface area contributed by atoms with Crippen LogP contribution in [0.25, 0.3) is 0 Å². The molecule has 1 heterocycles. The van der Waals surface area contributed by atoms with Gasteiger partial charge in [-0.2, -0.15) is 0 Å². The summed E-state index contributed by atoms with van der Waals surface area (Å²) in [5, 5.41) is 0. The third kappa shape index (κ3) is 6.27. The lowest BCUT2D eigenvalue weighted by Gasteiger charge is -2.37. The standard InChI is InChI=1S/C18H35NO2/c1-4-6-8-10-12-14-18(3,13-11-9-7-5-2)19-15-16-21-17(19)20/h4-16H2,1-3H3. The highest BCUT2D eigenvalue weighted by Gasteiger charge is 2.38. The number of amides is 1. The summed E-state index contributed by atoms with van der Waals surface area (Å²) in [7, 11) is 0. The molecule has 0 N–H and O–H groups in total. The number of hydrogen-bond acceptors (Lipinski definition) is 2. The highest BCUT2D eigenvalue weighted by molar-refractivity contribution is 5.70. The number of carbonyl (C=O) groups excluding carboxylic acids is 1. The molecule has 1 aliphatic rings. The maximum atomic E-state index is 11.9. The molecule has 0 aromatic carbocycles. The smallest absolute Gasteiger partial charge is 0.410 e. The molecule has 124 valence electrons. The van der Waals surface area contributed by atoms with Gasteiger partial charge >= 0.3 is 6.09 Å². The number of cyclic esters (lactones) is 1. The number of nitrogens with zero attached hydrogens (tertiary/aromatic N) is 1. The van der Waals surface area contributed by atoms with Crippen molar-refractivity contribution in [2.24, 2.45) is 0 Å². The number of unbranched alkanes of at least 4 members (excludes halogenated alkanes) is 7. The molecule has 1 atom stereocenters. The molecule has 1 rings (SSSR count). The lowest BCUT2D eigenvalue weighted by Crippen LogP contribution is -2.47. The van der Waals surface area contributed by atoms with Crippen LogP contribution in [0.5, 0.6) is 0 Å². The van der Waals surface area contributed by atoms with Gasteiger partial charge in [-0.25, -0.2) is 4.79 Å². The van der Waals surface area contributed by atoms with Crippen molar-refractivity contribution in [2.75, 3.05) is 13.2 Å². The van der Waals surface area contributed by atoms with Crippen LogP contribution < -0.4 is 0 Å². The number of hydrogen-bond donors (Lipinski definition) is 0. The van der Waals surface area contributed by atoms with Crippen LogP contribution in [0.3, 0.4) is 0 Å². The van der Waals surface area contributed by atoms with Crippen LogP contribution in [0.2, 0.25) is 0 Å². The lowest BCUT2D eigenvalue weighted by atomic mass is 9.86. The number of carbonyl (C=O) groups is 1. The summed E-state index contributed by atoms with van der Waals surface area (Å²) in [6.07, 6.45) is 13.7. The molecular weight excluding hydrogens is 262 g/mol. The second-order valence-electron chi connectivity index (χ2n) is 6.74. The zero-order chi connectivity index (χ0) is 15.6. The minimum Gasteiger partial charge on any atom is -0.448 e. The van der Waals surface area contributed by atoms with E-state index in [1.54, 1.807) is 0 Å². The summed E-state index contributed by atoms with van der Waals surface area (Å²) in [5.74, 6) is 0. The summed E-state index contributed by atoms with van der Waals surface area (Å²) < 4.78 is 5.17.